The van der Waals surface area contributed by atoms with Crippen LogP contribution in [0.4, 0.5) is 0 Å². The van der Waals surface area contributed by atoms with Crippen LogP contribution in [0.25, 0.3) is 0 Å². The average molecular weight is 170 g/mol. The van der Waals surface area contributed by atoms with E-state index in [2.05, 4.69) is 48.5 Å². The van der Waals surface area contributed by atoms with Crippen LogP contribution in [0.15, 0.2) is 0 Å². The van der Waals surface area contributed by atoms with Crippen molar-refractivity contribution in [3.63, 3.8) is 0 Å². The van der Waals surface area contributed by atoms with Gasteiger partial charge >= 0.3 is 0 Å². The summed E-state index contributed by atoms with van der Waals surface area (Å²) >= 11 is 0. The molecule has 12 heavy (non-hydrogen) atoms. The maximum Gasteiger partial charge on any atom is -0.0380 e. The van der Waals surface area contributed by atoms with Gasteiger partial charge in [0.1, 0.15) is 0 Å². The molecule has 0 aromatic heterocycles. The molecular formula is C12H26. The maximum atomic E-state index is 2.38. The Kier molecular flexibility index (Phi) is 4.30. The maximum absolute atomic E-state index is 2.38. The zero-order valence-corrected chi connectivity index (χ0v) is 9.94. The highest BCUT2D eigenvalue weighted by molar-refractivity contribution is 4.71. The summed E-state index contributed by atoms with van der Waals surface area (Å²) < 4.78 is 0. The van der Waals surface area contributed by atoms with E-state index in [0.717, 1.165) is 17.8 Å². The van der Waals surface area contributed by atoms with Crippen LogP contribution in [0.5, 0.6) is 0 Å². The van der Waals surface area contributed by atoms with Gasteiger partial charge in [0, 0.05) is 0 Å². The molecule has 0 aliphatic carbocycles. The van der Waals surface area contributed by atoms with Gasteiger partial charge in [-0.3, -0.25) is 0 Å². The minimum absolute atomic E-state index is 0.489. The SMILES string of the molecule is CC(C)C(C)C(C)CC(C)(C)C. The van der Waals surface area contributed by atoms with Gasteiger partial charge in [-0.2, -0.15) is 0 Å². The lowest BCUT2D eigenvalue weighted by molar-refractivity contribution is 0.211. The van der Waals surface area contributed by atoms with Gasteiger partial charge in [-0.1, -0.05) is 48.5 Å². The lowest BCUT2D eigenvalue weighted by Crippen LogP contribution is -2.20. The van der Waals surface area contributed by atoms with Crippen molar-refractivity contribution in [1.82, 2.24) is 0 Å². The topological polar surface area (TPSA) is 0 Å². The predicted molar refractivity (Wildman–Crippen MR) is 57.2 cm³/mol. The van der Waals surface area contributed by atoms with Crippen molar-refractivity contribution in [2.75, 3.05) is 0 Å². The molecule has 0 bridgehead atoms. The monoisotopic (exact) mass is 170 g/mol. The Morgan fingerprint density at radius 1 is 0.917 bits per heavy atom. The molecule has 0 aromatic carbocycles. The molecule has 0 heterocycles. The molecule has 0 radical (unpaired) electrons. The standard InChI is InChI=1S/C12H26/c1-9(2)11(4)10(3)8-12(5,6)7/h9-11H,8H2,1-7H3. The zero-order chi connectivity index (χ0) is 9.94. The Labute approximate surface area is 78.8 Å². The summed E-state index contributed by atoms with van der Waals surface area (Å²) in [7, 11) is 0. The van der Waals surface area contributed by atoms with E-state index in [-0.39, 0.29) is 0 Å². The van der Waals surface area contributed by atoms with Crippen molar-refractivity contribution >= 4 is 0 Å². The van der Waals surface area contributed by atoms with Gasteiger partial charge in [0.05, 0.1) is 0 Å². The van der Waals surface area contributed by atoms with Crippen LogP contribution < -0.4 is 0 Å². The molecule has 0 aliphatic rings. The van der Waals surface area contributed by atoms with Crippen LogP contribution in [-0.4, -0.2) is 0 Å². The van der Waals surface area contributed by atoms with Gasteiger partial charge in [0.25, 0.3) is 0 Å². The summed E-state index contributed by atoms with van der Waals surface area (Å²) in [6, 6.07) is 0. The summed E-state index contributed by atoms with van der Waals surface area (Å²) in [4.78, 5) is 0. The first kappa shape index (κ1) is 12.0. The van der Waals surface area contributed by atoms with Gasteiger partial charge in [-0.25, -0.2) is 0 Å². The van der Waals surface area contributed by atoms with Gasteiger partial charge < -0.3 is 0 Å². The lowest BCUT2D eigenvalue weighted by Gasteiger charge is -2.29. The molecular weight excluding hydrogens is 144 g/mol. The minimum atomic E-state index is 0.489. The van der Waals surface area contributed by atoms with E-state index in [0.29, 0.717) is 5.41 Å². The highest BCUT2D eigenvalue weighted by Crippen LogP contribution is 2.31. The van der Waals surface area contributed by atoms with E-state index in [1.807, 2.05) is 0 Å². The Morgan fingerprint density at radius 3 is 1.58 bits per heavy atom. The fraction of sp³-hybridized carbons (Fsp3) is 1.00. The minimum Gasteiger partial charge on any atom is -0.0625 e. The van der Waals surface area contributed by atoms with Gasteiger partial charge in [-0.15, -0.1) is 0 Å². The normalized spacial score (nSPS) is 18.0. The lowest BCUT2D eigenvalue weighted by atomic mass is 9.76. The molecule has 0 heteroatoms. The van der Waals surface area contributed by atoms with E-state index in [9.17, 15) is 0 Å². The predicted octanol–water partition coefficient (Wildman–Crippen LogP) is 4.35. The summed E-state index contributed by atoms with van der Waals surface area (Å²) in [6.07, 6.45) is 1.34. The van der Waals surface area contributed by atoms with E-state index in [1.54, 1.807) is 0 Å². The van der Waals surface area contributed by atoms with Crippen molar-refractivity contribution in [2.24, 2.45) is 23.2 Å². The smallest absolute Gasteiger partial charge is 0.0380 e. The molecule has 0 spiro atoms. The molecule has 0 aliphatic heterocycles. The first-order chi connectivity index (χ1) is 5.24. The van der Waals surface area contributed by atoms with Crippen LogP contribution >= 0.6 is 0 Å². The fourth-order valence-electron chi connectivity index (χ4n) is 1.81. The van der Waals surface area contributed by atoms with Crippen molar-refractivity contribution in [2.45, 2.75) is 54.9 Å². The zero-order valence-electron chi connectivity index (χ0n) is 9.94. The summed E-state index contributed by atoms with van der Waals surface area (Å²) in [5.41, 5.74) is 0.489. The molecule has 2 atom stereocenters. The van der Waals surface area contributed by atoms with Crippen LogP contribution in [0.2, 0.25) is 0 Å². The number of rotatable bonds is 3. The van der Waals surface area contributed by atoms with Crippen molar-refractivity contribution in [3.05, 3.63) is 0 Å². The third kappa shape index (κ3) is 4.79. The van der Waals surface area contributed by atoms with E-state index < -0.39 is 0 Å². The highest BCUT2D eigenvalue weighted by Gasteiger charge is 2.21. The molecule has 0 amide bonds. The highest BCUT2D eigenvalue weighted by atomic mass is 14.3. The fourth-order valence-corrected chi connectivity index (χ4v) is 1.81. The number of hydrogen-bond acceptors (Lipinski definition) is 0. The van der Waals surface area contributed by atoms with E-state index in [4.69, 9.17) is 0 Å². The third-order valence-electron chi connectivity index (χ3n) is 2.88. The Balaban J connectivity index is 3.95. The van der Waals surface area contributed by atoms with Crippen LogP contribution in [0.1, 0.15) is 54.9 Å². The molecule has 0 saturated carbocycles. The van der Waals surface area contributed by atoms with Gasteiger partial charge in [0.2, 0.25) is 0 Å². The first-order valence-electron chi connectivity index (χ1n) is 5.24. The van der Waals surface area contributed by atoms with Crippen molar-refractivity contribution in [1.29, 1.82) is 0 Å². The van der Waals surface area contributed by atoms with Crippen LogP contribution in [0.3, 0.4) is 0 Å². The summed E-state index contributed by atoms with van der Waals surface area (Å²) in [6.45, 7) is 16.4. The van der Waals surface area contributed by atoms with Crippen molar-refractivity contribution < 1.29 is 0 Å². The molecule has 0 fully saturated rings. The Morgan fingerprint density at radius 2 is 1.33 bits per heavy atom. The van der Waals surface area contributed by atoms with Gasteiger partial charge in [0.15, 0.2) is 0 Å². The molecule has 74 valence electrons. The van der Waals surface area contributed by atoms with Crippen LogP contribution in [-0.2, 0) is 0 Å². The molecule has 0 saturated heterocycles. The molecule has 0 nitrogen and oxygen atoms in total. The second kappa shape index (κ2) is 4.30. The molecule has 0 rings (SSSR count). The average Bonchev–Trinajstić information content (AvgIpc) is 1.82. The van der Waals surface area contributed by atoms with Crippen molar-refractivity contribution in [3.8, 4) is 0 Å². The second-order valence-corrected chi connectivity index (χ2v) is 5.85. The Hall–Kier alpha value is 0. The van der Waals surface area contributed by atoms with E-state index >= 15 is 0 Å². The summed E-state index contributed by atoms with van der Waals surface area (Å²) in [5, 5.41) is 0. The number of hydrogen-bond donors (Lipinski definition) is 0. The van der Waals surface area contributed by atoms with E-state index in [1.165, 1.54) is 6.42 Å². The van der Waals surface area contributed by atoms with Crippen LogP contribution in [0, 0.1) is 23.2 Å². The molecule has 0 N–H and O–H groups in total. The quantitative estimate of drug-likeness (QED) is 0.590. The second-order valence-electron chi connectivity index (χ2n) is 5.85. The Bertz CT molecular complexity index is 116. The van der Waals surface area contributed by atoms with Gasteiger partial charge in [-0.05, 0) is 29.6 Å². The first-order valence-corrected chi connectivity index (χ1v) is 5.24. The largest absolute Gasteiger partial charge is 0.0625 e. The summed E-state index contributed by atoms with van der Waals surface area (Å²) in [5.74, 6) is 2.52. The molecule has 0 aromatic rings. The molecule has 2 unspecified atom stereocenters. The third-order valence-corrected chi connectivity index (χ3v) is 2.88.